The zero-order chi connectivity index (χ0) is 38.6. The summed E-state index contributed by atoms with van der Waals surface area (Å²) in [5.41, 5.74) is 0.572. The summed E-state index contributed by atoms with van der Waals surface area (Å²) in [6.07, 6.45) is 3.31. The van der Waals surface area contributed by atoms with Gasteiger partial charge in [0.15, 0.2) is 0 Å². The molecule has 6 amide bonds. The summed E-state index contributed by atoms with van der Waals surface area (Å²) >= 11 is 1.50. The summed E-state index contributed by atoms with van der Waals surface area (Å²) in [4.78, 5) is 83.3. The predicted molar refractivity (Wildman–Crippen MR) is 195 cm³/mol. The molecule has 5 atom stereocenters. The van der Waals surface area contributed by atoms with Gasteiger partial charge in [0.25, 0.3) is 0 Å². The van der Waals surface area contributed by atoms with Crippen LogP contribution in [0.25, 0.3) is 0 Å². The van der Waals surface area contributed by atoms with Crippen LogP contribution in [0, 0.1) is 11.8 Å². The number of fused-ring (bicyclic) bond motifs is 1. The van der Waals surface area contributed by atoms with Crippen LogP contribution in [0.3, 0.4) is 0 Å². The molecule has 52 heavy (non-hydrogen) atoms. The van der Waals surface area contributed by atoms with Crippen molar-refractivity contribution in [1.82, 2.24) is 31.5 Å². The van der Waals surface area contributed by atoms with Crippen molar-refractivity contribution < 1.29 is 46.9 Å². The molecule has 2 heterocycles. The minimum atomic E-state index is -3.82. The predicted octanol–water partition coefficient (Wildman–Crippen LogP) is 1.52. The number of nitrogens with zero attached hydrogens (tertiary/aromatic N) is 1. The van der Waals surface area contributed by atoms with Gasteiger partial charge in [-0.15, -0.1) is 0 Å². The second kappa shape index (κ2) is 20.0. The van der Waals surface area contributed by atoms with E-state index < -0.39 is 85.9 Å². The maximum absolute atomic E-state index is 14.0. The van der Waals surface area contributed by atoms with Gasteiger partial charge in [-0.3, -0.25) is 37.8 Å². The molecule has 0 aliphatic carbocycles. The zero-order valence-corrected chi connectivity index (χ0v) is 32.6. The Morgan fingerprint density at radius 3 is 2.08 bits per heavy atom. The first-order valence-corrected chi connectivity index (χ1v) is 20.2. The molecule has 2 aliphatic rings. The Labute approximate surface area is 309 Å². The van der Waals surface area contributed by atoms with Crippen molar-refractivity contribution in [2.24, 2.45) is 11.8 Å². The van der Waals surface area contributed by atoms with Crippen LogP contribution in [0.1, 0.15) is 58.9 Å². The molecule has 5 N–H and O–H groups in total. The number of thioether (sulfide) groups is 1. The molecule has 0 aromatic heterocycles. The van der Waals surface area contributed by atoms with Crippen molar-refractivity contribution >= 4 is 55.0 Å². The van der Waals surface area contributed by atoms with Gasteiger partial charge < -0.3 is 36.0 Å². The van der Waals surface area contributed by atoms with Gasteiger partial charge in [-0.05, 0) is 67.2 Å². The first-order valence-electron chi connectivity index (χ1n) is 17.4. The van der Waals surface area contributed by atoms with E-state index in [2.05, 4.69) is 26.6 Å². The van der Waals surface area contributed by atoms with E-state index in [0.29, 0.717) is 30.6 Å². The number of hydrogen-bond acceptors (Lipinski definition) is 11. The largest absolute Gasteiger partial charge is 0.529 e. The third-order valence-electron chi connectivity index (χ3n) is 8.76. The van der Waals surface area contributed by atoms with E-state index in [1.54, 1.807) is 26.0 Å². The molecule has 18 heteroatoms. The molecular formula is C34H53N6O10PS. The first-order chi connectivity index (χ1) is 24.6. The number of hydrogen-bond donors (Lipinski definition) is 5. The highest BCUT2D eigenvalue weighted by Crippen LogP contribution is 2.47. The minimum absolute atomic E-state index is 0.00488. The Morgan fingerprint density at radius 1 is 0.846 bits per heavy atom. The fraction of sp³-hybridized carbons (Fsp3) is 0.647. The lowest BCUT2D eigenvalue weighted by Gasteiger charge is -2.32. The molecule has 2 saturated heterocycles. The standard InChI is InChI=1S/C34H53N6O10PS/c1-20(2)17-25-30(42)35-19-28(41)36-26(18-22-10-12-23(13-11-22)50-51(47,48-5)49-6)32(44)39-29(21(3)4)34(46)40-15-8-9-27(40)33(45)37-24(14-16-52-7)31(43)38-25/h10-13,20-21,24-27,29H,8-9,14-19H2,1-7H3,(H,35,42)(H,36,41)(H,37,45)(H,38,43)(H,39,44)/t24-,25-,26-,27-,29-/m0/s1. The van der Waals surface area contributed by atoms with E-state index >= 15 is 0 Å². The molecule has 0 saturated carbocycles. The molecule has 2 fully saturated rings. The van der Waals surface area contributed by atoms with Gasteiger partial charge in [0.1, 0.15) is 36.0 Å². The van der Waals surface area contributed by atoms with Crippen molar-refractivity contribution in [2.75, 3.05) is 39.3 Å². The number of nitrogens with one attached hydrogen (secondary N) is 5. The summed E-state index contributed by atoms with van der Waals surface area (Å²) in [5.74, 6) is -3.09. The smallest absolute Gasteiger partial charge is 0.404 e. The van der Waals surface area contributed by atoms with Crippen LogP contribution in [-0.4, -0.2) is 110 Å². The van der Waals surface area contributed by atoms with Crippen LogP contribution in [0.4, 0.5) is 0 Å². The molecule has 290 valence electrons. The Kier molecular flexibility index (Phi) is 16.4. The average Bonchev–Trinajstić information content (AvgIpc) is 3.60. The Bertz CT molecular complexity index is 1470. The molecule has 0 radical (unpaired) electrons. The molecule has 0 unspecified atom stereocenters. The van der Waals surface area contributed by atoms with Crippen molar-refractivity contribution in [2.45, 2.75) is 90.0 Å². The highest BCUT2D eigenvalue weighted by Gasteiger charge is 2.41. The lowest BCUT2D eigenvalue weighted by atomic mass is 9.99. The first kappa shape index (κ1) is 42.8. The number of benzene rings is 1. The topological polar surface area (TPSA) is 211 Å². The van der Waals surface area contributed by atoms with Crippen LogP contribution in [0.2, 0.25) is 0 Å². The van der Waals surface area contributed by atoms with Crippen LogP contribution in [0.5, 0.6) is 5.75 Å². The number of phosphoric ester groups is 1. The van der Waals surface area contributed by atoms with Gasteiger partial charge in [-0.25, -0.2) is 4.57 Å². The van der Waals surface area contributed by atoms with Gasteiger partial charge in [0, 0.05) is 27.2 Å². The Balaban J connectivity index is 1.97. The third kappa shape index (κ3) is 12.2. The maximum Gasteiger partial charge on any atom is 0.529 e. The van der Waals surface area contributed by atoms with E-state index in [1.165, 1.54) is 43.0 Å². The summed E-state index contributed by atoms with van der Waals surface area (Å²) in [5, 5.41) is 13.6. The molecule has 1 aromatic carbocycles. The van der Waals surface area contributed by atoms with Gasteiger partial charge in [0.2, 0.25) is 35.4 Å². The van der Waals surface area contributed by atoms with E-state index in [4.69, 9.17) is 13.6 Å². The highest BCUT2D eigenvalue weighted by atomic mass is 32.2. The highest BCUT2D eigenvalue weighted by molar-refractivity contribution is 7.98. The number of rotatable bonds is 12. The monoisotopic (exact) mass is 768 g/mol. The van der Waals surface area contributed by atoms with Gasteiger partial charge in [-0.2, -0.15) is 11.8 Å². The zero-order valence-electron chi connectivity index (χ0n) is 30.9. The number of carbonyl (C=O) groups excluding carboxylic acids is 6. The lowest BCUT2D eigenvalue weighted by Crippen LogP contribution is -2.61. The summed E-state index contributed by atoms with van der Waals surface area (Å²) in [6, 6.07) is 1.11. The maximum atomic E-state index is 14.0. The number of carbonyl (C=O) groups is 6. The minimum Gasteiger partial charge on any atom is -0.404 e. The fourth-order valence-electron chi connectivity index (χ4n) is 5.94. The second-order valence-electron chi connectivity index (χ2n) is 13.5. The van der Waals surface area contributed by atoms with Gasteiger partial charge in [-0.1, -0.05) is 39.8 Å². The SMILES string of the molecule is COP(=O)(OC)Oc1ccc(C[C@@H]2NC(=O)CNC(=O)[C@H](CC(C)C)NC(=O)[C@H](CCSC)NC(=O)[C@@H]3CCCN3C(=O)[C@H](C(C)C)NC2=O)cc1. The Morgan fingerprint density at radius 2 is 1.48 bits per heavy atom. The summed E-state index contributed by atoms with van der Waals surface area (Å²) < 4.78 is 27.4. The van der Waals surface area contributed by atoms with Crippen molar-refractivity contribution in [3.05, 3.63) is 29.8 Å². The summed E-state index contributed by atoms with van der Waals surface area (Å²) in [7, 11) is -1.46. The average molecular weight is 769 g/mol. The molecule has 0 bridgehead atoms. The van der Waals surface area contributed by atoms with Crippen LogP contribution in [0.15, 0.2) is 24.3 Å². The molecular weight excluding hydrogens is 715 g/mol. The van der Waals surface area contributed by atoms with E-state index in [1.807, 2.05) is 20.1 Å². The van der Waals surface area contributed by atoms with Crippen molar-refractivity contribution in [3.63, 3.8) is 0 Å². The second-order valence-corrected chi connectivity index (χ2v) is 16.3. The quantitative estimate of drug-likeness (QED) is 0.193. The van der Waals surface area contributed by atoms with Crippen molar-refractivity contribution in [1.29, 1.82) is 0 Å². The fourth-order valence-corrected chi connectivity index (χ4v) is 7.09. The van der Waals surface area contributed by atoms with Crippen LogP contribution >= 0.6 is 19.6 Å². The normalized spacial score (nSPS) is 24.3. The molecule has 1 aromatic rings. The van der Waals surface area contributed by atoms with Crippen LogP contribution < -0.4 is 31.1 Å². The van der Waals surface area contributed by atoms with Gasteiger partial charge in [0.05, 0.1) is 6.54 Å². The van der Waals surface area contributed by atoms with Crippen LogP contribution in [-0.2, 0) is 48.8 Å². The molecule has 3 rings (SSSR count). The molecule has 0 spiro atoms. The van der Waals surface area contributed by atoms with Gasteiger partial charge >= 0.3 is 7.82 Å². The molecule has 2 aliphatic heterocycles. The lowest BCUT2D eigenvalue weighted by molar-refractivity contribution is -0.143. The molecule has 16 nitrogen and oxygen atoms in total. The van der Waals surface area contributed by atoms with Crippen molar-refractivity contribution in [3.8, 4) is 5.75 Å². The number of phosphoric acid groups is 1. The van der Waals surface area contributed by atoms with E-state index in [-0.39, 0.29) is 31.1 Å². The van der Waals surface area contributed by atoms with E-state index in [0.717, 1.165) is 0 Å². The number of amides is 6. The third-order valence-corrected chi connectivity index (χ3v) is 10.7. The summed E-state index contributed by atoms with van der Waals surface area (Å²) in [6.45, 7) is 7.07. The Hall–Kier alpha value is -3.66. The van der Waals surface area contributed by atoms with E-state index in [9.17, 15) is 33.3 Å².